The van der Waals surface area contributed by atoms with Crippen LogP contribution in [0, 0.1) is 0 Å². The van der Waals surface area contributed by atoms with Gasteiger partial charge in [0.2, 0.25) is 5.91 Å². The molecule has 1 unspecified atom stereocenters. The summed E-state index contributed by atoms with van der Waals surface area (Å²) in [6.07, 6.45) is 4.66. The topological polar surface area (TPSA) is 112 Å². The molecule has 2 heterocycles. The van der Waals surface area contributed by atoms with Gasteiger partial charge in [0.1, 0.15) is 11.9 Å². The first kappa shape index (κ1) is 15.4. The summed E-state index contributed by atoms with van der Waals surface area (Å²) >= 11 is 0. The number of nitrogens with one attached hydrogen (secondary N) is 1. The van der Waals surface area contributed by atoms with E-state index in [0.717, 1.165) is 22.1 Å². The number of nitrogens with two attached hydrogens (primary N) is 1. The Morgan fingerprint density at radius 3 is 2.83 bits per heavy atom. The summed E-state index contributed by atoms with van der Waals surface area (Å²) in [7, 11) is -3.28. The number of sulfone groups is 1. The van der Waals surface area contributed by atoms with Gasteiger partial charge in [-0.15, -0.1) is 4.21 Å². The lowest BCUT2D eigenvalue weighted by molar-refractivity contribution is -0.117. The number of aromatic amines is 1. The number of carbonyl (C=O) groups is 1. The van der Waals surface area contributed by atoms with Gasteiger partial charge < -0.3 is 15.3 Å². The number of amides is 1. The maximum atomic E-state index is 11.7. The zero-order chi connectivity index (χ0) is 16.6. The Morgan fingerprint density at radius 1 is 1.35 bits per heavy atom. The van der Waals surface area contributed by atoms with Gasteiger partial charge in [0, 0.05) is 29.4 Å². The van der Waals surface area contributed by atoms with Crippen LogP contribution in [-0.4, -0.2) is 26.7 Å². The van der Waals surface area contributed by atoms with E-state index < -0.39 is 16.1 Å². The highest BCUT2D eigenvalue weighted by atomic mass is 32.3. The highest BCUT2D eigenvalue weighted by Gasteiger charge is 2.14. The highest BCUT2D eigenvalue weighted by molar-refractivity contribution is 7.97. The number of fused-ring (bicyclic) bond motifs is 1. The van der Waals surface area contributed by atoms with Crippen LogP contribution in [-0.2, 0) is 25.6 Å². The van der Waals surface area contributed by atoms with Crippen LogP contribution in [0.2, 0.25) is 0 Å². The number of nitrogens with zero attached hydrogens (tertiary/aromatic N) is 1. The fourth-order valence-corrected chi connectivity index (χ4v) is 3.12. The van der Waals surface area contributed by atoms with Gasteiger partial charge in [-0.2, -0.15) is 0 Å². The lowest BCUT2D eigenvalue weighted by Crippen LogP contribution is -2.13. The van der Waals surface area contributed by atoms with Crippen LogP contribution >= 0.6 is 0 Å². The summed E-state index contributed by atoms with van der Waals surface area (Å²) in [5.41, 5.74) is 8.19. The highest BCUT2D eigenvalue weighted by Crippen LogP contribution is 2.27. The molecule has 1 atom stereocenters. The number of aromatic nitrogens is 2. The quantitative estimate of drug-likeness (QED) is 0.712. The molecule has 0 bridgehead atoms. The number of carbonyl (C=O) groups excluding carboxylic acids is 1. The normalized spacial score (nSPS) is 13.8. The second-order valence-corrected chi connectivity index (χ2v) is 7.39. The molecule has 6 nitrogen and oxygen atoms in total. The van der Waals surface area contributed by atoms with Crippen molar-refractivity contribution >= 4 is 27.2 Å². The zero-order valence-electron chi connectivity index (χ0n) is 12.4. The van der Waals surface area contributed by atoms with Gasteiger partial charge >= 0.3 is 0 Å². The molecule has 3 aromatic rings. The third-order valence-corrected chi connectivity index (χ3v) is 4.69. The summed E-state index contributed by atoms with van der Waals surface area (Å²) in [6.45, 7) is 0. The number of H-pyrrole nitrogens is 1. The number of primary amides is 1. The minimum Gasteiger partial charge on any atom is -0.610 e. The lowest BCUT2D eigenvalue weighted by Gasteiger charge is -2.10. The molecule has 0 saturated carbocycles. The van der Waals surface area contributed by atoms with E-state index in [0.29, 0.717) is 5.65 Å². The molecule has 0 fully saturated rings. The van der Waals surface area contributed by atoms with Crippen LogP contribution in [0.5, 0.6) is 0 Å². The molecule has 0 saturated heterocycles. The van der Waals surface area contributed by atoms with Gasteiger partial charge in [-0.1, -0.05) is 12.1 Å². The molecule has 1 amide bonds. The van der Waals surface area contributed by atoms with Crippen LogP contribution in [0.25, 0.3) is 22.2 Å². The maximum Gasteiger partial charge on any atom is 0.221 e. The van der Waals surface area contributed by atoms with Crippen molar-refractivity contribution in [1.29, 1.82) is 0 Å². The van der Waals surface area contributed by atoms with Crippen molar-refractivity contribution in [3.05, 3.63) is 48.3 Å². The minimum atomic E-state index is -3.28. The van der Waals surface area contributed by atoms with Crippen molar-refractivity contribution < 1.29 is 13.6 Å². The molecule has 7 heteroatoms. The maximum absolute atomic E-state index is 11.7. The predicted molar refractivity (Wildman–Crippen MR) is 87.4 cm³/mol. The molecule has 0 aliphatic carbocycles. The average Bonchev–Trinajstić information content (AvgIpc) is 2.88. The third kappa shape index (κ3) is 3.15. The van der Waals surface area contributed by atoms with Crippen molar-refractivity contribution in [2.24, 2.45) is 5.73 Å². The molecule has 0 aliphatic heterocycles. The molecule has 23 heavy (non-hydrogen) atoms. The molecule has 0 radical (unpaired) electrons. The fourth-order valence-electron chi connectivity index (χ4n) is 2.46. The summed E-state index contributed by atoms with van der Waals surface area (Å²) in [6, 6.07) is 8.55. The number of pyridine rings is 1. The molecule has 3 N–H and O–H groups in total. The van der Waals surface area contributed by atoms with Crippen molar-refractivity contribution in [3.63, 3.8) is 0 Å². The van der Waals surface area contributed by atoms with Gasteiger partial charge in [0.05, 0.1) is 16.6 Å². The van der Waals surface area contributed by atoms with Gasteiger partial charge in [-0.05, 0) is 23.3 Å². The SMILES string of the molecule is C[S+](=O)([O-])c1cccc(-c2cnc3[nH]cc(CC(N)=O)c3c2)c1. The number of hydrogen-bond acceptors (Lipinski definition) is 4. The molecule has 2 aromatic heterocycles. The summed E-state index contributed by atoms with van der Waals surface area (Å²) < 4.78 is 23.4. The molecule has 118 valence electrons. The first-order chi connectivity index (χ1) is 10.8. The summed E-state index contributed by atoms with van der Waals surface area (Å²) in [5.74, 6) is -0.421. The molecular weight excluding hydrogens is 314 g/mol. The Hall–Kier alpha value is -2.51. The van der Waals surface area contributed by atoms with Crippen molar-refractivity contribution in [1.82, 2.24) is 9.97 Å². The number of benzene rings is 1. The van der Waals surface area contributed by atoms with Gasteiger partial charge in [0.25, 0.3) is 0 Å². The molecule has 1 aromatic carbocycles. The van der Waals surface area contributed by atoms with E-state index in [1.807, 2.05) is 12.1 Å². The first-order valence-corrected chi connectivity index (χ1v) is 8.78. The average molecular weight is 329 g/mol. The summed E-state index contributed by atoms with van der Waals surface area (Å²) in [4.78, 5) is 18.7. The van der Waals surface area contributed by atoms with E-state index in [2.05, 4.69) is 9.97 Å². The summed E-state index contributed by atoms with van der Waals surface area (Å²) in [5, 5.41) is 0.797. The van der Waals surface area contributed by atoms with Gasteiger partial charge in [0.15, 0.2) is 4.90 Å². The Bertz CT molecular complexity index is 943. The second-order valence-electron chi connectivity index (χ2n) is 5.38. The second kappa shape index (κ2) is 5.60. The standard InChI is InChI=1S/C16H15N3O3S/c1-23(21,22)13-4-2-3-10(5-13)11-6-14-12(7-15(17)20)9-19-16(14)18-8-11/h2-6,8-9H,7H2,1H3,(H3-,17,18,19,20,21,22). The van der Waals surface area contributed by atoms with Crippen molar-refractivity contribution in [2.45, 2.75) is 11.3 Å². The third-order valence-electron chi connectivity index (χ3n) is 3.58. The van der Waals surface area contributed by atoms with Crippen LogP contribution < -0.4 is 5.73 Å². The number of rotatable bonds is 4. The van der Waals surface area contributed by atoms with Crippen LogP contribution in [0.3, 0.4) is 0 Å². The molecule has 0 spiro atoms. The Kier molecular flexibility index (Phi) is 3.75. The lowest BCUT2D eigenvalue weighted by atomic mass is 10.0. The predicted octanol–water partition coefficient (Wildman–Crippen LogP) is 1.88. The smallest absolute Gasteiger partial charge is 0.221 e. The largest absolute Gasteiger partial charge is 0.610 e. The minimum absolute atomic E-state index is 0.120. The van der Waals surface area contributed by atoms with E-state index in [1.54, 1.807) is 30.6 Å². The van der Waals surface area contributed by atoms with E-state index in [4.69, 9.17) is 5.73 Å². The van der Waals surface area contributed by atoms with Gasteiger partial charge in [-0.3, -0.25) is 4.79 Å². The Balaban J connectivity index is 2.10. The van der Waals surface area contributed by atoms with Crippen molar-refractivity contribution in [2.75, 3.05) is 6.26 Å². The first-order valence-electron chi connectivity index (χ1n) is 6.89. The molecule has 3 rings (SSSR count). The van der Waals surface area contributed by atoms with Crippen LogP contribution in [0.1, 0.15) is 5.56 Å². The Labute approximate surface area is 134 Å². The fraction of sp³-hybridized carbons (Fsp3) is 0.125. The van der Waals surface area contributed by atoms with E-state index in [1.165, 1.54) is 6.26 Å². The van der Waals surface area contributed by atoms with Crippen LogP contribution in [0.4, 0.5) is 0 Å². The Morgan fingerprint density at radius 2 is 2.13 bits per heavy atom. The van der Waals surface area contributed by atoms with E-state index in [-0.39, 0.29) is 11.3 Å². The van der Waals surface area contributed by atoms with Crippen LogP contribution in [0.15, 0.2) is 47.6 Å². The zero-order valence-corrected chi connectivity index (χ0v) is 13.2. The molecular formula is C16H15N3O3S. The number of hydrogen-bond donors (Lipinski definition) is 2. The van der Waals surface area contributed by atoms with E-state index >= 15 is 0 Å². The van der Waals surface area contributed by atoms with Crippen molar-refractivity contribution in [3.8, 4) is 11.1 Å². The van der Waals surface area contributed by atoms with Gasteiger partial charge in [-0.25, -0.2) is 4.98 Å². The van der Waals surface area contributed by atoms with E-state index in [9.17, 15) is 13.6 Å². The molecule has 0 aliphatic rings. The monoisotopic (exact) mass is 329 g/mol.